The van der Waals surface area contributed by atoms with Gasteiger partial charge in [0, 0.05) is 11.1 Å². The molecule has 1 aliphatic carbocycles. The van der Waals surface area contributed by atoms with Gasteiger partial charge in [-0.1, -0.05) is 24.3 Å². The Morgan fingerprint density at radius 2 is 1.74 bits per heavy atom. The molecule has 4 rings (SSSR count). The van der Waals surface area contributed by atoms with Crippen molar-refractivity contribution in [3.8, 4) is 17.0 Å². The molecule has 7 nitrogen and oxygen atoms in total. The molecule has 1 aromatic heterocycles. The summed E-state index contributed by atoms with van der Waals surface area (Å²) in [6.07, 6.45) is -0.934. The summed E-state index contributed by atoms with van der Waals surface area (Å²) in [4.78, 5) is 41.0. The fraction of sp³-hybridized carbons (Fsp3) is 0.200. The van der Waals surface area contributed by atoms with Gasteiger partial charge in [-0.3, -0.25) is 4.79 Å². The predicted molar refractivity (Wildman–Crippen MR) is 96.0 cm³/mol. The largest absolute Gasteiger partial charge is 0.514 e. The maximum atomic E-state index is 13.1. The van der Waals surface area contributed by atoms with E-state index in [0.29, 0.717) is 22.2 Å². The summed E-state index contributed by atoms with van der Waals surface area (Å²) in [6, 6.07) is 9.67. The average molecular weight is 365 g/mol. The van der Waals surface area contributed by atoms with E-state index in [1.165, 1.54) is 12.1 Å². The maximum absolute atomic E-state index is 13.1. The molecule has 3 aromatic rings. The van der Waals surface area contributed by atoms with Crippen LogP contribution in [0.15, 0.2) is 45.6 Å². The standard InChI is InChI=1S/C20H15NO6/c1-20(2,3)27-19(24)26-13-9-8-12-14-15(13)17(22)11-7-5-4-6-10(11)16(14)21-18(23)25-12/h4-9H,1-3H3. The lowest BCUT2D eigenvalue weighted by molar-refractivity contribution is 0.0205. The van der Waals surface area contributed by atoms with Crippen LogP contribution in [0.1, 0.15) is 36.7 Å². The number of fused-ring (bicyclic) bond motifs is 2. The lowest BCUT2D eigenvalue weighted by Gasteiger charge is -2.21. The molecule has 0 atom stereocenters. The molecule has 0 saturated carbocycles. The third-order valence-corrected chi connectivity index (χ3v) is 4.00. The first-order valence-electron chi connectivity index (χ1n) is 8.27. The molecular weight excluding hydrogens is 350 g/mol. The maximum Gasteiger partial charge on any atom is 0.514 e. The zero-order valence-corrected chi connectivity index (χ0v) is 14.9. The highest BCUT2D eigenvalue weighted by Crippen LogP contribution is 2.41. The number of aromatic nitrogens is 1. The number of ketones is 1. The van der Waals surface area contributed by atoms with Crippen molar-refractivity contribution in [3.05, 3.63) is 58.1 Å². The van der Waals surface area contributed by atoms with E-state index in [4.69, 9.17) is 13.9 Å². The number of rotatable bonds is 1. The number of ether oxygens (including phenoxy) is 2. The molecule has 0 fully saturated rings. The van der Waals surface area contributed by atoms with Crippen molar-refractivity contribution < 1.29 is 23.5 Å². The summed E-state index contributed by atoms with van der Waals surface area (Å²) in [7, 11) is 0. The van der Waals surface area contributed by atoms with E-state index in [2.05, 4.69) is 4.98 Å². The summed E-state index contributed by atoms with van der Waals surface area (Å²) in [6.45, 7) is 5.12. The van der Waals surface area contributed by atoms with Gasteiger partial charge in [-0.15, -0.1) is 0 Å². The zero-order valence-electron chi connectivity index (χ0n) is 14.9. The van der Waals surface area contributed by atoms with Gasteiger partial charge in [-0.25, -0.2) is 9.59 Å². The van der Waals surface area contributed by atoms with Gasteiger partial charge in [0.1, 0.15) is 16.9 Å². The molecule has 0 aliphatic heterocycles. The van der Waals surface area contributed by atoms with Crippen LogP contribution in [0.25, 0.3) is 22.2 Å². The van der Waals surface area contributed by atoms with Gasteiger partial charge in [-0.2, -0.15) is 4.98 Å². The molecule has 1 aliphatic rings. The molecule has 0 N–H and O–H groups in total. The van der Waals surface area contributed by atoms with Gasteiger partial charge >= 0.3 is 11.9 Å². The molecule has 0 amide bonds. The second-order valence-electron chi connectivity index (χ2n) is 7.08. The highest BCUT2D eigenvalue weighted by molar-refractivity contribution is 6.26. The normalized spacial score (nSPS) is 12.6. The first-order valence-corrected chi connectivity index (χ1v) is 8.27. The van der Waals surface area contributed by atoms with Gasteiger partial charge in [0.2, 0.25) is 0 Å². The van der Waals surface area contributed by atoms with E-state index in [1.54, 1.807) is 45.0 Å². The van der Waals surface area contributed by atoms with Crippen molar-refractivity contribution >= 4 is 22.9 Å². The molecule has 0 saturated heterocycles. The van der Waals surface area contributed by atoms with E-state index in [1.807, 2.05) is 0 Å². The quantitative estimate of drug-likeness (QED) is 0.375. The van der Waals surface area contributed by atoms with Crippen LogP contribution in [-0.4, -0.2) is 22.5 Å². The zero-order chi connectivity index (χ0) is 19.3. The van der Waals surface area contributed by atoms with Crippen molar-refractivity contribution in [1.82, 2.24) is 4.98 Å². The van der Waals surface area contributed by atoms with Crippen LogP contribution in [-0.2, 0) is 4.74 Å². The van der Waals surface area contributed by atoms with Gasteiger partial charge in [0.25, 0.3) is 0 Å². The molecule has 7 heteroatoms. The lowest BCUT2D eigenvalue weighted by atomic mass is 9.86. The Bertz CT molecular complexity index is 1170. The SMILES string of the molecule is CC(C)(C)OC(=O)Oc1ccc2oc(=O)nc3c2c1C(=O)c1ccccc1-3. The van der Waals surface area contributed by atoms with Crippen molar-refractivity contribution in [2.75, 3.05) is 0 Å². The van der Waals surface area contributed by atoms with E-state index in [-0.39, 0.29) is 22.7 Å². The van der Waals surface area contributed by atoms with E-state index in [0.717, 1.165) is 0 Å². The van der Waals surface area contributed by atoms with Crippen molar-refractivity contribution in [2.24, 2.45) is 0 Å². The van der Waals surface area contributed by atoms with Crippen molar-refractivity contribution in [3.63, 3.8) is 0 Å². The Labute approximate surface area is 153 Å². The summed E-state index contributed by atoms with van der Waals surface area (Å²) < 4.78 is 15.6. The van der Waals surface area contributed by atoms with E-state index < -0.39 is 17.5 Å². The third-order valence-electron chi connectivity index (χ3n) is 4.00. The number of hydrogen-bond acceptors (Lipinski definition) is 7. The summed E-state index contributed by atoms with van der Waals surface area (Å²) in [5, 5.41) is 0.333. The molecule has 27 heavy (non-hydrogen) atoms. The molecule has 0 bridgehead atoms. The Hall–Kier alpha value is -3.48. The van der Waals surface area contributed by atoms with Crippen LogP contribution in [0.5, 0.6) is 5.75 Å². The van der Waals surface area contributed by atoms with Gasteiger partial charge < -0.3 is 13.9 Å². The van der Waals surface area contributed by atoms with Gasteiger partial charge in [0.05, 0.1) is 16.6 Å². The fourth-order valence-corrected chi connectivity index (χ4v) is 3.04. The Morgan fingerprint density at radius 3 is 2.44 bits per heavy atom. The number of carbonyl (C=O) groups is 2. The number of nitrogens with zero attached hydrogens (tertiary/aromatic N) is 1. The van der Waals surface area contributed by atoms with Crippen molar-refractivity contribution in [1.29, 1.82) is 0 Å². The van der Waals surface area contributed by atoms with Crippen LogP contribution in [0, 0.1) is 0 Å². The Balaban J connectivity index is 1.95. The summed E-state index contributed by atoms with van der Waals surface area (Å²) in [5.41, 5.74) is 0.775. The Morgan fingerprint density at radius 1 is 1.04 bits per heavy atom. The lowest BCUT2D eigenvalue weighted by Crippen LogP contribution is -2.26. The van der Waals surface area contributed by atoms with E-state index in [9.17, 15) is 14.4 Å². The molecule has 136 valence electrons. The van der Waals surface area contributed by atoms with Gasteiger partial charge in [0.15, 0.2) is 5.78 Å². The topological polar surface area (TPSA) is 95.7 Å². The molecule has 0 radical (unpaired) electrons. The molecule has 0 unspecified atom stereocenters. The van der Waals surface area contributed by atoms with Crippen LogP contribution >= 0.6 is 0 Å². The van der Waals surface area contributed by atoms with Crippen LogP contribution in [0.4, 0.5) is 4.79 Å². The third kappa shape index (κ3) is 2.87. The number of hydrogen-bond donors (Lipinski definition) is 0. The average Bonchev–Trinajstić information content (AvgIpc) is 2.58. The molecular formula is C20H15NO6. The van der Waals surface area contributed by atoms with Crippen LogP contribution in [0.2, 0.25) is 0 Å². The fourth-order valence-electron chi connectivity index (χ4n) is 3.04. The highest BCUT2D eigenvalue weighted by Gasteiger charge is 2.32. The second-order valence-corrected chi connectivity index (χ2v) is 7.08. The minimum absolute atomic E-state index is 0.0214. The first kappa shape index (κ1) is 17.0. The Kier molecular flexibility index (Phi) is 3.62. The molecule has 1 heterocycles. The molecule has 2 aromatic carbocycles. The predicted octanol–water partition coefficient (Wildman–Crippen LogP) is 3.71. The first-order chi connectivity index (χ1) is 12.7. The summed E-state index contributed by atoms with van der Waals surface area (Å²) >= 11 is 0. The number of benzene rings is 2. The van der Waals surface area contributed by atoms with Crippen molar-refractivity contribution in [2.45, 2.75) is 26.4 Å². The monoisotopic (exact) mass is 365 g/mol. The number of carbonyl (C=O) groups excluding carboxylic acids is 2. The highest BCUT2D eigenvalue weighted by atomic mass is 16.7. The van der Waals surface area contributed by atoms with E-state index >= 15 is 0 Å². The minimum Gasteiger partial charge on any atom is -0.428 e. The minimum atomic E-state index is -0.934. The smallest absolute Gasteiger partial charge is 0.428 e. The second kappa shape index (κ2) is 5.77. The van der Waals surface area contributed by atoms with Crippen LogP contribution < -0.4 is 10.5 Å². The summed E-state index contributed by atoms with van der Waals surface area (Å²) in [5.74, 6) is -1.10. The molecule has 0 spiro atoms. The van der Waals surface area contributed by atoms with Crippen LogP contribution in [0.3, 0.4) is 0 Å². The van der Waals surface area contributed by atoms with Gasteiger partial charge in [-0.05, 0) is 32.9 Å².